The first kappa shape index (κ1) is 20.3. The molecule has 0 bridgehead atoms. The summed E-state index contributed by atoms with van der Waals surface area (Å²) >= 11 is 0. The van der Waals surface area contributed by atoms with Crippen molar-refractivity contribution in [3.8, 4) is 0 Å². The molecule has 1 heterocycles. The van der Waals surface area contributed by atoms with Gasteiger partial charge in [0.2, 0.25) is 5.91 Å². The largest absolute Gasteiger partial charge is 0.391 e. The van der Waals surface area contributed by atoms with Crippen LogP contribution in [0.25, 0.3) is 0 Å². The SMILES string of the molecule is CNCC(=O)NC[C@]1(c2ccccc2)CC[C@@H](O)[C@H](N2CCOCC2)CC1. The third-order valence-corrected chi connectivity index (χ3v) is 6.14. The van der Waals surface area contributed by atoms with Crippen molar-refractivity contribution >= 4 is 5.91 Å². The Morgan fingerprint density at radius 2 is 1.93 bits per heavy atom. The maximum absolute atomic E-state index is 12.1. The van der Waals surface area contributed by atoms with Crippen LogP contribution in [0.3, 0.4) is 0 Å². The van der Waals surface area contributed by atoms with E-state index in [-0.39, 0.29) is 23.5 Å². The minimum atomic E-state index is -0.332. The first-order chi connectivity index (χ1) is 13.1. The third-order valence-electron chi connectivity index (χ3n) is 6.14. The van der Waals surface area contributed by atoms with Crippen LogP contribution in [0.5, 0.6) is 0 Å². The molecule has 0 unspecified atom stereocenters. The Hall–Kier alpha value is -1.47. The highest BCUT2D eigenvalue weighted by molar-refractivity contribution is 5.78. The Balaban J connectivity index is 1.77. The van der Waals surface area contributed by atoms with E-state index in [1.165, 1.54) is 5.56 Å². The molecule has 1 saturated heterocycles. The fourth-order valence-electron chi connectivity index (χ4n) is 4.54. The number of amides is 1. The lowest BCUT2D eigenvalue weighted by Crippen LogP contribution is -2.48. The first-order valence-electron chi connectivity index (χ1n) is 10.1. The second-order valence-corrected chi connectivity index (χ2v) is 7.81. The molecule has 2 fully saturated rings. The van der Waals surface area contributed by atoms with Crippen molar-refractivity contribution in [3.63, 3.8) is 0 Å². The molecule has 150 valence electrons. The number of carbonyl (C=O) groups excluding carboxylic acids is 1. The number of hydrogen-bond donors (Lipinski definition) is 3. The molecule has 1 aromatic rings. The summed E-state index contributed by atoms with van der Waals surface area (Å²) in [6.45, 7) is 4.20. The van der Waals surface area contributed by atoms with Gasteiger partial charge in [0, 0.05) is 31.1 Å². The Kier molecular flexibility index (Phi) is 7.24. The van der Waals surface area contributed by atoms with Crippen LogP contribution in [0, 0.1) is 0 Å². The number of aliphatic hydroxyl groups excluding tert-OH is 1. The summed E-state index contributed by atoms with van der Waals surface area (Å²) in [7, 11) is 1.78. The Labute approximate surface area is 162 Å². The van der Waals surface area contributed by atoms with E-state index < -0.39 is 0 Å². The number of hydrogen-bond acceptors (Lipinski definition) is 5. The van der Waals surface area contributed by atoms with Gasteiger partial charge < -0.3 is 20.5 Å². The lowest BCUT2D eigenvalue weighted by atomic mass is 9.74. The molecule has 0 spiro atoms. The average molecular weight is 376 g/mol. The van der Waals surface area contributed by atoms with E-state index in [1.54, 1.807) is 7.05 Å². The van der Waals surface area contributed by atoms with E-state index in [2.05, 4.69) is 39.8 Å². The number of rotatable bonds is 6. The van der Waals surface area contributed by atoms with Crippen molar-refractivity contribution in [2.24, 2.45) is 0 Å². The maximum atomic E-state index is 12.1. The molecule has 1 aromatic carbocycles. The van der Waals surface area contributed by atoms with Gasteiger partial charge in [-0.15, -0.1) is 0 Å². The number of morpholine rings is 1. The molecule has 3 rings (SSSR count). The van der Waals surface area contributed by atoms with Gasteiger partial charge in [0.25, 0.3) is 0 Å². The predicted molar refractivity (Wildman–Crippen MR) is 106 cm³/mol. The van der Waals surface area contributed by atoms with Gasteiger partial charge in [-0.2, -0.15) is 0 Å². The number of benzene rings is 1. The Bertz CT molecular complexity index is 592. The quantitative estimate of drug-likeness (QED) is 0.644. The van der Waals surface area contributed by atoms with E-state index in [4.69, 9.17) is 4.74 Å². The van der Waals surface area contributed by atoms with Crippen LogP contribution in [0.4, 0.5) is 0 Å². The van der Waals surface area contributed by atoms with Crippen LogP contribution in [-0.4, -0.2) is 74.5 Å². The molecule has 6 heteroatoms. The van der Waals surface area contributed by atoms with Crippen LogP contribution >= 0.6 is 0 Å². The zero-order valence-electron chi connectivity index (χ0n) is 16.3. The Morgan fingerprint density at radius 3 is 2.63 bits per heavy atom. The topological polar surface area (TPSA) is 73.8 Å². The van der Waals surface area contributed by atoms with Crippen molar-refractivity contribution in [1.82, 2.24) is 15.5 Å². The minimum absolute atomic E-state index is 0.0160. The summed E-state index contributed by atoms with van der Waals surface area (Å²) in [6, 6.07) is 10.6. The molecule has 6 nitrogen and oxygen atoms in total. The Morgan fingerprint density at radius 1 is 1.22 bits per heavy atom. The summed E-state index contributed by atoms with van der Waals surface area (Å²) in [5.41, 5.74) is 1.12. The second-order valence-electron chi connectivity index (χ2n) is 7.81. The summed E-state index contributed by atoms with van der Waals surface area (Å²) < 4.78 is 5.48. The molecule has 1 saturated carbocycles. The van der Waals surface area contributed by atoms with E-state index >= 15 is 0 Å². The molecule has 0 aromatic heterocycles. The molecule has 3 N–H and O–H groups in total. The zero-order valence-corrected chi connectivity index (χ0v) is 16.3. The van der Waals surface area contributed by atoms with E-state index in [0.717, 1.165) is 52.0 Å². The van der Waals surface area contributed by atoms with Crippen LogP contribution in [0.1, 0.15) is 31.2 Å². The first-order valence-corrected chi connectivity index (χ1v) is 10.1. The summed E-state index contributed by atoms with van der Waals surface area (Å²) in [4.78, 5) is 14.5. The fourth-order valence-corrected chi connectivity index (χ4v) is 4.54. The van der Waals surface area contributed by atoms with Crippen LogP contribution < -0.4 is 10.6 Å². The average Bonchev–Trinajstić information content (AvgIpc) is 2.88. The molecule has 27 heavy (non-hydrogen) atoms. The standard InChI is InChI=1S/C21H33N3O3/c1-22-15-20(26)23-16-21(17-5-3-2-4-6-17)9-7-18(19(25)8-10-21)24-11-13-27-14-12-24/h2-6,18-19,22,25H,7-16H2,1H3,(H,23,26)/t18-,19-,21-/m1/s1. The minimum Gasteiger partial charge on any atom is -0.391 e. The van der Waals surface area contributed by atoms with Gasteiger partial charge in [-0.05, 0) is 38.3 Å². The van der Waals surface area contributed by atoms with Crippen molar-refractivity contribution < 1.29 is 14.6 Å². The second kappa shape index (κ2) is 9.64. The van der Waals surface area contributed by atoms with Gasteiger partial charge >= 0.3 is 0 Å². The highest BCUT2D eigenvalue weighted by atomic mass is 16.5. The van der Waals surface area contributed by atoms with Crippen molar-refractivity contribution in [1.29, 1.82) is 0 Å². The van der Waals surface area contributed by atoms with Gasteiger partial charge in [-0.3, -0.25) is 9.69 Å². The van der Waals surface area contributed by atoms with Crippen LogP contribution in [0.2, 0.25) is 0 Å². The maximum Gasteiger partial charge on any atom is 0.233 e. The number of carbonyl (C=O) groups is 1. The highest BCUT2D eigenvalue weighted by Crippen LogP contribution is 2.39. The number of nitrogens with zero attached hydrogens (tertiary/aromatic N) is 1. The molecular weight excluding hydrogens is 342 g/mol. The van der Waals surface area contributed by atoms with Gasteiger partial charge in [0.1, 0.15) is 0 Å². The molecule has 1 aliphatic carbocycles. The van der Waals surface area contributed by atoms with Crippen LogP contribution in [-0.2, 0) is 14.9 Å². The van der Waals surface area contributed by atoms with Crippen molar-refractivity contribution in [2.75, 3.05) is 46.4 Å². The van der Waals surface area contributed by atoms with Gasteiger partial charge in [-0.1, -0.05) is 30.3 Å². The smallest absolute Gasteiger partial charge is 0.233 e. The number of nitrogens with one attached hydrogen (secondary N) is 2. The zero-order chi connectivity index (χ0) is 19.1. The van der Waals surface area contributed by atoms with Crippen molar-refractivity contribution in [3.05, 3.63) is 35.9 Å². The van der Waals surface area contributed by atoms with Gasteiger partial charge in [0.05, 0.1) is 25.9 Å². The van der Waals surface area contributed by atoms with Crippen molar-refractivity contribution in [2.45, 2.75) is 43.2 Å². The fraction of sp³-hybridized carbons (Fsp3) is 0.667. The highest BCUT2D eigenvalue weighted by Gasteiger charge is 2.40. The lowest BCUT2D eigenvalue weighted by molar-refractivity contribution is -0.120. The van der Waals surface area contributed by atoms with Crippen LogP contribution in [0.15, 0.2) is 30.3 Å². The summed E-state index contributed by atoms with van der Waals surface area (Å²) in [5.74, 6) is 0.0160. The van der Waals surface area contributed by atoms with E-state index in [0.29, 0.717) is 13.1 Å². The van der Waals surface area contributed by atoms with E-state index in [9.17, 15) is 9.90 Å². The van der Waals surface area contributed by atoms with Gasteiger partial charge in [0.15, 0.2) is 0 Å². The summed E-state index contributed by atoms with van der Waals surface area (Å²) in [6.07, 6.45) is 3.17. The summed E-state index contributed by atoms with van der Waals surface area (Å²) in [5, 5.41) is 16.9. The third kappa shape index (κ3) is 5.08. The monoisotopic (exact) mass is 375 g/mol. The lowest BCUT2D eigenvalue weighted by Gasteiger charge is -2.37. The van der Waals surface area contributed by atoms with Gasteiger partial charge in [-0.25, -0.2) is 0 Å². The molecule has 1 aliphatic heterocycles. The molecule has 2 aliphatic rings. The molecule has 3 atom stereocenters. The molecular formula is C21H33N3O3. The number of likely N-dealkylation sites (N-methyl/N-ethyl adjacent to an activating group) is 1. The molecule has 1 amide bonds. The number of ether oxygens (including phenoxy) is 1. The molecule has 0 radical (unpaired) electrons. The number of aliphatic hydroxyl groups is 1. The van der Waals surface area contributed by atoms with E-state index in [1.807, 2.05) is 6.07 Å². The normalized spacial score (nSPS) is 29.9. The predicted octanol–water partition coefficient (Wildman–Crippen LogP) is 0.896.